The third-order valence-corrected chi connectivity index (χ3v) is 7.14. The molecule has 0 saturated carbocycles. The number of carbonyl (C=O) groups excluding carboxylic acids is 1. The molecule has 1 aliphatic heterocycles. The van der Waals surface area contributed by atoms with Gasteiger partial charge in [-0.1, -0.05) is 49.4 Å². The number of aryl methyl sites for hydroxylation is 1. The molecule has 0 unspecified atom stereocenters. The highest BCUT2D eigenvalue weighted by molar-refractivity contribution is 7.80. The number of aromatic carboxylic acids is 1. The van der Waals surface area contributed by atoms with Gasteiger partial charge in [-0.2, -0.15) is 0 Å². The van der Waals surface area contributed by atoms with Gasteiger partial charge in [0.05, 0.1) is 17.3 Å². The molecule has 1 amide bonds. The Morgan fingerprint density at radius 1 is 1.05 bits per heavy atom. The molecule has 8 nitrogen and oxygen atoms in total. The van der Waals surface area contributed by atoms with Crippen LogP contribution in [0.3, 0.4) is 0 Å². The fourth-order valence-corrected chi connectivity index (χ4v) is 5.21. The third kappa shape index (κ3) is 5.53. The predicted molar refractivity (Wildman–Crippen MR) is 152 cm³/mol. The molecule has 39 heavy (non-hydrogen) atoms. The summed E-state index contributed by atoms with van der Waals surface area (Å²) in [6, 6.07) is 23.0. The average molecular weight is 541 g/mol. The largest absolute Gasteiger partial charge is 0.478 e. The number of nitrogens with zero attached hydrogens (tertiary/aromatic N) is 2. The number of carboxylic acids is 1. The first-order valence-electron chi connectivity index (χ1n) is 12.7. The fraction of sp³-hybridized carbons (Fsp3) is 0.200. The lowest BCUT2D eigenvalue weighted by atomic mass is 10.0. The Morgan fingerprint density at radius 3 is 2.59 bits per heavy atom. The third-order valence-electron chi connectivity index (χ3n) is 6.79. The van der Waals surface area contributed by atoms with E-state index in [0.717, 1.165) is 23.4 Å². The van der Waals surface area contributed by atoms with Gasteiger partial charge in [0, 0.05) is 30.4 Å². The number of carboxylic acid groups (broad SMARTS) is 1. The van der Waals surface area contributed by atoms with Crippen LogP contribution in [-0.4, -0.2) is 38.5 Å². The second-order valence-electron chi connectivity index (χ2n) is 9.18. The molecule has 0 radical (unpaired) electrons. The summed E-state index contributed by atoms with van der Waals surface area (Å²) >= 11 is 5.71. The van der Waals surface area contributed by atoms with Crippen LogP contribution in [0.1, 0.15) is 52.8 Å². The Labute approximate surface area is 231 Å². The number of pyridine rings is 1. The number of nitrogens with one attached hydrogen (secondary N) is 2. The summed E-state index contributed by atoms with van der Waals surface area (Å²) < 4.78 is 6.27. The van der Waals surface area contributed by atoms with Crippen LogP contribution in [0.25, 0.3) is 11.3 Å². The number of aromatic nitrogens is 1. The number of benzene rings is 2. The molecule has 1 saturated heterocycles. The molecule has 9 heteroatoms. The number of hydrogen-bond donors (Lipinski definition) is 3. The van der Waals surface area contributed by atoms with Crippen molar-refractivity contribution < 1.29 is 19.1 Å². The molecule has 2 aromatic heterocycles. The van der Waals surface area contributed by atoms with Crippen molar-refractivity contribution in [3.05, 3.63) is 108 Å². The Balaban J connectivity index is 1.42. The topological polar surface area (TPSA) is 108 Å². The van der Waals surface area contributed by atoms with E-state index in [-0.39, 0.29) is 23.9 Å². The molecule has 1 fully saturated rings. The van der Waals surface area contributed by atoms with Crippen LogP contribution < -0.4 is 10.6 Å². The van der Waals surface area contributed by atoms with Crippen molar-refractivity contribution in [2.45, 2.75) is 31.8 Å². The minimum atomic E-state index is -1.03. The quantitative estimate of drug-likeness (QED) is 0.235. The van der Waals surface area contributed by atoms with Crippen LogP contribution in [-0.2, 0) is 11.2 Å². The number of thiocarbonyl (C=S) groups is 1. The van der Waals surface area contributed by atoms with Crippen LogP contribution in [0.5, 0.6) is 0 Å². The maximum absolute atomic E-state index is 12.9. The molecule has 2 atom stereocenters. The molecular formula is C30H28N4O4S. The molecule has 0 spiro atoms. The molecule has 4 aromatic rings. The minimum absolute atomic E-state index is 0.116. The van der Waals surface area contributed by atoms with Crippen LogP contribution in [0, 0.1) is 0 Å². The number of anilines is 1. The summed E-state index contributed by atoms with van der Waals surface area (Å²) in [5.41, 5.74) is 3.29. The zero-order valence-corrected chi connectivity index (χ0v) is 22.2. The van der Waals surface area contributed by atoms with Gasteiger partial charge in [0.25, 0.3) is 0 Å². The number of carbonyl (C=O) groups is 2. The van der Waals surface area contributed by atoms with Gasteiger partial charge < -0.3 is 25.1 Å². The summed E-state index contributed by atoms with van der Waals surface area (Å²) in [6.45, 7) is 2.40. The summed E-state index contributed by atoms with van der Waals surface area (Å²) in [5, 5.41) is 16.5. The SMILES string of the molecule is CCc1ccccc1NC(=O)CCN1C(=S)N[C@@H](c2ccccn2)[C@H]1c1ccc(-c2ccccc2C(=O)O)o1. The number of para-hydroxylation sites is 1. The maximum Gasteiger partial charge on any atom is 0.336 e. The Kier molecular flexibility index (Phi) is 7.69. The highest BCUT2D eigenvalue weighted by atomic mass is 32.1. The first-order chi connectivity index (χ1) is 19.0. The number of rotatable bonds is 9. The molecule has 3 heterocycles. The monoisotopic (exact) mass is 540 g/mol. The summed E-state index contributed by atoms with van der Waals surface area (Å²) in [7, 11) is 0. The lowest BCUT2D eigenvalue weighted by Crippen LogP contribution is -2.32. The fourth-order valence-electron chi connectivity index (χ4n) is 4.88. The standard InChI is InChI=1S/C30H28N4O4S/c1-2-19-9-3-6-12-22(19)32-26(35)16-18-34-28(27(33-30(34)39)23-13-7-8-17-31-23)25-15-14-24(38-25)20-10-4-5-11-21(20)29(36)37/h3-15,17,27-28H,2,16,18H2,1H3,(H,32,35)(H,33,39)(H,36,37)/t27-,28+/m0/s1. The van der Waals surface area contributed by atoms with Gasteiger partial charge in [0.15, 0.2) is 5.11 Å². The Morgan fingerprint density at radius 2 is 1.82 bits per heavy atom. The van der Waals surface area contributed by atoms with Gasteiger partial charge >= 0.3 is 5.97 Å². The molecular weight excluding hydrogens is 512 g/mol. The van der Waals surface area contributed by atoms with Crippen LogP contribution >= 0.6 is 12.2 Å². The lowest BCUT2D eigenvalue weighted by Gasteiger charge is -2.26. The van der Waals surface area contributed by atoms with E-state index >= 15 is 0 Å². The Hall–Kier alpha value is -4.50. The van der Waals surface area contributed by atoms with E-state index in [9.17, 15) is 14.7 Å². The van der Waals surface area contributed by atoms with Gasteiger partial charge in [0.2, 0.25) is 5.91 Å². The van der Waals surface area contributed by atoms with E-state index in [0.29, 0.717) is 28.7 Å². The molecule has 198 valence electrons. The van der Waals surface area contributed by atoms with Gasteiger partial charge in [-0.3, -0.25) is 9.78 Å². The van der Waals surface area contributed by atoms with E-state index in [2.05, 4.69) is 15.6 Å². The highest BCUT2D eigenvalue weighted by Crippen LogP contribution is 2.40. The molecule has 0 aliphatic carbocycles. The van der Waals surface area contributed by atoms with Crippen molar-refractivity contribution in [3.8, 4) is 11.3 Å². The van der Waals surface area contributed by atoms with E-state index in [1.165, 1.54) is 0 Å². The normalized spacial score (nSPS) is 16.6. The molecule has 0 bridgehead atoms. The maximum atomic E-state index is 12.9. The smallest absolute Gasteiger partial charge is 0.336 e. The van der Waals surface area contributed by atoms with E-state index in [4.69, 9.17) is 16.6 Å². The van der Waals surface area contributed by atoms with E-state index in [1.807, 2.05) is 60.4 Å². The lowest BCUT2D eigenvalue weighted by molar-refractivity contribution is -0.116. The van der Waals surface area contributed by atoms with E-state index < -0.39 is 12.0 Å². The van der Waals surface area contributed by atoms with Crippen molar-refractivity contribution in [3.63, 3.8) is 0 Å². The van der Waals surface area contributed by atoms with Gasteiger partial charge in [0.1, 0.15) is 17.6 Å². The summed E-state index contributed by atoms with van der Waals surface area (Å²) in [6.07, 6.45) is 2.74. The summed E-state index contributed by atoms with van der Waals surface area (Å²) in [5.74, 6) is -0.121. The van der Waals surface area contributed by atoms with Crippen LogP contribution in [0.15, 0.2) is 89.5 Å². The minimum Gasteiger partial charge on any atom is -0.478 e. The van der Waals surface area contributed by atoms with Gasteiger partial charge in [-0.15, -0.1) is 0 Å². The van der Waals surface area contributed by atoms with Gasteiger partial charge in [-0.25, -0.2) is 4.79 Å². The zero-order valence-electron chi connectivity index (χ0n) is 21.3. The number of hydrogen-bond acceptors (Lipinski definition) is 5. The van der Waals surface area contributed by atoms with Crippen molar-refractivity contribution in [2.75, 3.05) is 11.9 Å². The van der Waals surface area contributed by atoms with Crippen LogP contribution in [0.2, 0.25) is 0 Å². The zero-order chi connectivity index (χ0) is 27.4. The second-order valence-corrected chi connectivity index (χ2v) is 9.57. The predicted octanol–water partition coefficient (Wildman–Crippen LogP) is 5.60. The Bertz CT molecular complexity index is 1500. The van der Waals surface area contributed by atoms with E-state index in [1.54, 1.807) is 36.5 Å². The molecule has 2 aromatic carbocycles. The summed E-state index contributed by atoms with van der Waals surface area (Å²) in [4.78, 5) is 31.2. The molecule has 5 rings (SSSR count). The first kappa shape index (κ1) is 26.1. The molecule has 3 N–H and O–H groups in total. The van der Waals surface area contributed by atoms with Crippen molar-refractivity contribution in [1.29, 1.82) is 0 Å². The highest BCUT2D eigenvalue weighted by Gasteiger charge is 2.41. The second kappa shape index (κ2) is 11.5. The van der Waals surface area contributed by atoms with Crippen molar-refractivity contribution >= 4 is 34.9 Å². The van der Waals surface area contributed by atoms with Gasteiger partial charge in [-0.05, 0) is 60.6 Å². The number of furan rings is 1. The average Bonchev–Trinajstić information content (AvgIpc) is 3.57. The van der Waals surface area contributed by atoms with Crippen molar-refractivity contribution in [2.24, 2.45) is 0 Å². The van der Waals surface area contributed by atoms with Crippen molar-refractivity contribution in [1.82, 2.24) is 15.2 Å². The number of amides is 1. The molecule has 1 aliphatic rings. The van der Waals surface area contributed by atoms with Crippen LogP contribution in [0.4, 0.5) is 5.69 Å². The first-order valence-corrected chi connectivity index (χ1v) is 13.1.